The van der Waals surface area contributed by atoms with Crippen molar-refractivity contribution in [3.8, 4) is 0 Å². The van der Waals surface area contributed by atoms with Gasteiger partial charge in [0.25, 0.3) is 0 Å². The average Bonchev–Trinajstić information content (AvgIpc) is 2.92. The van der Waals surface area contributed by atoms with Crippen LogP contribution in [0.5, 0.6) is 0 Å². The molecule has 1 unspecified atom stereocenters. The molecule has 1 aliphatic rings. The second-order valence-corrected chi connectivity index (χ2v) is 5.50. The van der Waals surface area contributed by atoms with Gasteiger partial charge in [0.15, 0.2) is 0 Å². The summed E-state index contributed by atoms with van der Waals surface area (Å²) in [4.78, 5) is 0. The van der Waals surface area contributed by atoms with E-state index in [1.165, 1.54) is 22.3 Å². The Morgan fingerprint density at radius 2 is 1.90 bits per heavy atom. The Balaban J connectivity index is 1.98. The zero-order valence-corrected chi connectivity index (χ0v) is 12.3. The van der Waals surface area contributed by atoms with Gasteiger partial charge in [-0.25, -0.2) is 0 Å². The Labute approximate surface area is 124 Å². The minimum absolute atomic E-state index is 0.171. The van der Waals surface area contributed by atoms with E-state index in [1.807, 2.05) is 18.2 Å². The number of fused-ring (bicyclic) bond motifs is 1. The van der Waals surface area contributed by atoms with Crippen LogP contribution >= 0.6 is 11.6 Å². The Hall–Kier alpha value is -1.35. The first kappa shape index (κ1) is 13.6. The molecule has 0 fully saturated rings. The molecule has 2 aromatic rings. The monoisotopic (exact) mass is 287 g/mol. The van der Waals surface area contributed by atoms with Crippen LogP contribution in [0.1, 0.15) is 35.2 Å². The van der Waals surface area contributed by atoms with Gasteiger partial charge in [-0.1, -0.05) is 48.9 Å². The Morgan fingerprint density at radius 1 is 1.10 bits per heavy atom. The molecule has 3 rings (SSSR count). The van der Waals surface area contributed by atoms with Gasteiger partial charge in [0.05, 0.1) is 19.3 Å². The van der Waals surface area contributed by atoms with E-state index in [0.717, 1.165) is 24.8 Å². The maximum atomic E-state index is 6.12. The van der Waals surface area contributed by atoms with Crippen molar-refractivity contribution in [3.05, 3.63) is 69.7 Å². The molecular formula is C17H18ClNO. The second-order valence-electron chi connectivity index (χ2n) is 5.07. The first-order chi connectivity index (χ1) is 9.78. The van der Waals surface area contributed by atoms with Crippen LogP contribution in [-0.2, 0) is 18.0 Å². The molecule has 1 heterocycles. The molecule has 104 valence electrons. The summed E-state index contributed by atoms with van der Waals surface area (Å²) in [6.07, 6.45) is 0. The lowest BCUT2D eigenvalue weighted by Gasteiger charge is -2.20. The van der Waals surface area contributed by atoms with Gasteiger partial charge < -0.3 is 10.1 Å². The van der Waals surface area contributed by atoms with Crippen molar-refractivity contribution in [3.63, 3.8) is 0 Å². The summed E-state index contributed by atoms with van der Waals surface area (Å²) in [5.41, 5.74) is 5.05. The van der Waals surface area contributed by atoms with Crippen molar-refractivity contribution in [1.82, 2.24) is 5.32 Å². The molecule has 0 radical (unpaired) electrons. The summed E-state index contributed by atoms with van der Waals surface area (Å²) >= 11 is 6.12. The topological polar surface area (TPSA) is 21.3 Å². The molecule has 0 amide bonds. The van der Waals surface area contributed by atoms with E-state index < -0.39 is 0 Å². The standard InChI is InChI=1S/C17H18ClNO/c1-2-19-17(12-4-3-5-16(18)9-12)13-6-7-14-10-20-11-15(14)8-13/h3-9,17,19H,2,10-11H2,1H3. The summed E-state index contributed by atoms with van der Waals surface area (Å²) in [5, 5.41) is 4.31. The molecule has 2 nitrogen and oxygen atoms in total. The van der Waals surface area contributed by atoms with Gasteiger partial charge in [0, 0.05) is 5.02 Å². The number of nitrogens with one attached hydrogen (secondary N) is 1. The summed E-state index contributed by atoms with van der Waals surface area (Å²) in [6.45, 7) is 4.48. The van der Waals surface area contributed by atoms with Gasteiger partial charge in [0.2, 0.25) is 0 Å². The molecule has 0 spiro atoms. The fraction of sp³-hybridized carbons (Fsp3) is 0.294. The zero-order valence-electron chi connectivity index (χ0n) is 11.5. The third-order valence-electron chi connectivity index (χ3n) is 3.67. The summed E-state index contributed by atoms with van der Waals surface area (Å²) < 4.78 is 5.49. The fourth-order valence-corrected chi connectivity index (χ4v) is 2.89. The number of ether oxygens (including phenoxy) is 1. The number of benzene rings is 2. The number of hydrogen-bond donors (Lipinski definition) is 1. The minimum Gasteiger partial charge on any atom is -0.372 e. The highest BCUT2D eigenvalue weighted by Gasteiger charge is 2.17. The lowest BCUT2D eigenvalue weighted by molar-refractivity contribution is 0.134. The maximum absolute atomic E-state index is 6.12. The highest BCUT2D eigenvalue weighted by molar-refractivity contribution is 6.30. The Bertz CT molecular complexity index is 612. The first-order valence-electron chi connectivity index (χ1n) is 6.96. The van der Waals surface area contributed by atoms with Crippen LogP contribution in [-0.4, -0.2) is 6.54 Å². The Kier molecular flexibility index (Phi) is 4.06. The van der Waals surface area contributed by atoms with Gasteiger partial charge in [-0.15, -0.1) is 0 Å². The molecule has 1 N–H and O–H groups in total. The van der Waals surface area contributed by atoms with E-state index in [-0.39, 0.29) is 6.04 Å². The van der Waals surface area contributed by atoms with Crippen molar-refractivity contribution in [2.75, 3.05) is 6.54 Å². The van der Waals surface area contributed by atoms with E-state index in [0.29, 0.717) is 0 Å². The maximum Gasteiger partial charge on any atom is 0.0725 e. The molecule has 0 saturated heterocycles. The van der Waals surface area contributed by atoms with E-state index in [4.69, 9.17) is 16.3 Å². The first-order valence-corrected chi connectivity index (χ1v) is 7.34. The number of rotatable bonds is 4. The van der Waals surface area contributed by atoms with Gasteiger partial charge in [-0.3, -0.25) is 0 Å². The van der Waals surface area contributed by atoms with Gasteiger partial charge in [0.1, 0.15) is 0 Å². The van der Waals surface area contributed by atoms with Crippen LogP contribution in [0.3, 0.4) is 0 Å². The Morgan fingerprint density at radius 3 is 2.70 bits per heavy atom. The highest BCUT2D eigenvalue weighted by atomic mass is 35.5. The van der Waals surface area contributed by atoms with Crippen molar-refractivity contribution in [2.24, 2.45) is 0 Å². The fourth-order valence-electron chi connectivity index (χ4n) is 2.69. The quantitative estimate of drug-likeness (QED) is 0.915. The molecule has 0 aliphatic carbocycles. The molecule has 0 saturated carbocycles. The van der Waals surface area contributed by atoms with E-state index in [2.05, 4.69) is 36.5 Å². The van der Waals surface area contributed by atoms with E-state index in [9.17, 15) is 0 Å². The third kappa shape index (κ3) is 2.73. The lowest BCUT2D eigenvalue weighted by atomic mass is 9.95. The van der Waals surface area contributed by atoms with E-state index in [1.54, 1.807) is 0 Å². The van der Waals surface area contributed by atoms with Crippen LogP contribution in [0.15, 0.2) is 42.5 Å². The molecule has 20 heavy (non-hydrogen) atoms. The largest absolute Gasteiger partial charge is 0.372 e. The predicted molar refractivity (Wildman–Crippen MR) is 81.9 cm³/mol. The smallest absolute Gasteiger partial charge is 0.0725 e. The highest BCUT2D eigenvalue weighted by Crippen LogP contribution is 2.28. The van der Waals surface area contributed by atoms with Crippen molar-refractivity contribution in [2.45, 2.75) is 26.2 Å². The second kappa shape index (κ2) is 5.96. The van der Waals surface area contributed by atoms with Gasteiger partial charge in [-0.2, -0.15) is 0 Å². The van der Waals surface area contributed by atoms with E-state index >= 15 is 0 Å². The number of halogens is 1. The molecule has 1 atom stereocenters. The van der Waals surface area contributed by atoms with Crippen molar-refractivity contribution >= 4 is 11.6 Å². The molecule has 0 aromatic heterocycles. The average molecular weight is 288 g/mol. The zero-order chi connectivity index (χ0) is 13.9. The molecular weight excluding hydrogens is 270 g/mol. The molecule has 1 aliphatic heterocycles. The normalized spacial score (nSPS) is 15.1. The van der Waals surface area contributed by atoms with Crippen LogP contribution in [0.4, 0.5) is 0 Å². The van der Waals surface area contributed by atoms with Crippen molar-refractivity contribution in [1.29, 1.82) is 0 Å². The molecule has 3 heteroatoms. The summed E-state index contributed by atoms with van der Waals surface area (Å²) in [7, 11) is 0. The molecule has 2 aromatic carbocycles. The van der Waals surface area contributed by atoms with Crippen LogP contribution in [0.25, 0.3) is 0 Å². The molecule has 0 bridgehead atoms. The number of hydrogen-bond acceptors (Lipinski definition) is 2. The summed E-state index contributed by atoms with van der Waals surface area (Å²) in [5.74, 6) is 0. The summed E-state index contributed by atoms with van der Waals surface area (Å²) in [6, 6.07) is 14.8. The third-order valence-corrected chi connectivity index (χ3v) is 3.90. The van der Waals surface area contributed by atoms with Crippen molar-refractivity contribution < 1.29 is 4.74 Å². The van der Waals surface area contributed by atoms with Gasteiger partial charge in [-0.05, 0) is 40.9 Å². The minimum atomic E-state index is 0.171. The van der Waals surface area contributed by atoms with Crippen LogP contribution < -0.4 is 5.32 Å². The SMILES string of the molecule is CCNC(c1cccc(Cl)c1)c1ccc2c(c1)COC2. The predicted octanol–water partition coefficient (Wildman–Crippen LogP) is 4.07. The lowest BCUT2D eigenvalue weighted by Crippen LogP contribution is -2.22. The van der Waals surface area contributed by atoms with Crippen LogP contribution in [0.2, 0.25) is 5.02 Å². The van der Waals surface area contributed by atoms with Gasteiger partial charge >= 0.3 is 0 Å². The van der Waals surface area contributed by atoms with Crippen LogP contribution in [0, 0.1) is 0 Å².